The number of anilines is 1. The minimum absolute atomic E-state index is 0.0858. The Kier molecular flexibility index (Phi) is 2.17. The lowest BCUT2D eigenvalue weighted by Crippen LogP contribution is -2.27. The van der Waals surface area contributed by atoms with E-state index in [4.69, 9.17) is 5.73 Å². The van der Waals surface area contributed by atoms with Crippen molar-refractivity contribution in [2.45, 2.75) is 31.1 Å². The van der Waals surface area contributed by atoms with Gasteiger partial charge in [-0.25, -0.2) is 0 Å². The third-order valence-electron chi connectivity index (χ3n) is 3.65. The normalized spacial score (nSPS) is 27.2. The summed E-state index contributed by atoms with van der Waals surface area (Å²) < 4.78 is 38.6. The summed E-state index contributed by atoms with van der Waals surface area (Å²) in [4.78, 5) is 2.02. The molecule has 1 saturated heterocycles. The van der Waals surface area contributed by atoms with Crippen molar-refractivity contribution in [2.24, 2.45) is 5.73 Å². The van der Waals surface area contributed by atoms with Crippen LogP contribution in [0.4, 0.5) is 18.9 Å². The second-order valence-electron chi connectivity index (χ2n) is 4.81. The van der Waals surface area contributed by atoms with Crippen molar-refractivity contribution in [1.29, 1.82) is 0 Å². The number of benzene rings is 1. The smallest absolute Gasteiger partial charge is 0.366 e. The summed E-state index contributed by atoms with van der Waals surface area (Å²) in [5.74, 6) is 0. The van der Waals surface area contributed by atoms with Crippen LogP contribution in [0, 0.1) is 0 Å². The molecule has 2 heterocycles. The zero-order valence-corrected chi connectivity index (χ0v) is 9.17. The van der Waals surface area contributed by atoms with Gasteiger partial charge in [-0.05, 0) is 30.5 Å². The quantitative estimate of drug-likeness (QED) is 0.755. The Morgan fingerprint density at radius 3 is 2.76 bits per heavy atom. The zero-order chi connectivity index (χ0) is 12.2. The Balaban J connectivity index is 2.06. The van der Waals surface area contributed by atoms with Gasteiger partial charge in [-0.15, -0.1) is 0 Å². The molecule has 0 aromatic heterocycles. The fraction of sp³-hybridized carbons (Fsp3) is 0.500. The van der Waals surface area contributed by atoms with E-state index in [2.05, 4.69) is 0 Å². The first-order valence-electron chi connectivity index (χ1n) is 5.68. The Labute approximate surface area is 97.2 Å². The number of nitrogens with two attached hydrogens (primary N) is 1. The van der Waals surface area contributed by atoms with Crippen LogP contribution in [0.5, 0.6) is 0 Å². The molecule has 2 aliphatic rings. The monoisotopic (exact) mass is 242 g/mol. The van der Waals surface area contributed by atoms with Crippen LogP contribution in [0.25, 0.3) is 0 Å². The van der Waals surface area contributed by atoms with Crippen LogP contribution in [0.15, 0.2) is 18.2 Å². The Hall–Kier alpha value is -1.23. The van der Waals surface area contributed by atoms with Crippen LogP contribution in [-0.2, 0) is 12.6 Å². The van der Waals surface area contributed by atoms with Gasteiger partial charge in [-0.1, -0.05) is 6.07 Å². The first kappa shape index (κ1) is 10.9. The van der Waals surface area contributed by atoms with Crippen molar-refractivity contribution < 1.29 is 13.2 Å². The van der Waals surface area contributed by atoms with E-state index in [0.717, 1.165) is 12.1 Å². The lowest BCUT2D eigenvalue weighted by atomic mass is 10.0. The molecule has 1 aromatic rings. The van der Waals surface area contributed by atoms with Crippen LogP contribution >= 0.6 is 0 Å². The van der Waals surface area contributed by atoms with E-state index < -0.39 is 11.7 Å². The Bertz CT molecular complexity index is 456. The summed E-state index contributed by atoms with van der Waals surface area (Å²) in [6.07, 6.45) is -3.00. The molecule has 5 heteroatoms. The van der Waals surface area contributed by atoms with Crippen molar-refractivity contribution in [3.8, 4) is 0 Å². The molecule has 92 valence electrons. The second kappa shape index (κ2) is 3.38. The average molecular weight is 242 g/mol. The fourth-order valence-electron chi connectivity index (χ4n) is 3.00. The van der Waals surface area contributed by atoms with Crippen molar-refractivity contribution in [3.05, 3.63) is 29.3 Å². The van der Waals surface area contributed by atoms with Gasteiger partial charge in [0.2, 0.25) is 0 Å². The van der Waals surface area contributed by atoms with Gasteiger partial charge in [0.1, 0.15) is 0 Å². The standard InChI is InChI=1S/C12H13F3N2/c13-12(14,15)10-2-1-3-11-9(10)5-8-4-7(16)6-17(8)11/h1-3,7-8H,4-6,16H2. The third-order valence-corrected chi connectivity index (χ3v) is 3.65. The molecule has 0 amide bonds. The zero-order valence-electron chi connectivity index (χ0n) is 9.17. The van der Waals surface area contributed by atoms with Crippen molar-refractivity contribution in [3.63, 3.8) is 0 Å². The third kappa shape index (κ3) is 1.60. The Morgan fingerprint density at radius 2 is 2.06 bits per heavy atom. The molecular formula is C12H13F3N2. The highest BCUT2D eigenvalue weighted by molar-refractivity contribution is 5.64. The largest absolute Gasteiger partial charge is 0.416 e. The SMILES string of the molecule is NC1CC2Cc3c(cccc3C(F)(F)F)N2C1. The van der Waals surface area contributed by atoms with E-state index in [0.29, 0.717) is 18.5 Å². The molecule has 2 aliphatic heterocycles. The van der Waals surface area contributed by atoms with E-state index in [9.17, 15) is 13.2 Å². The molecule has 3 rings (SSSR count). The van der Waals surface area contributed by atoms with Crippen molar-refractivity contribution in [1.82, 2.24) is 0 Å². The molecule has 17 heavy (non-hydrogen) atoms. The molecule has 0 bridgehead atoms. The molecule has 0 saturated carbocycles. The number of alkyl halides is 3. The van der Waals surface area contributed by atoms with Crippen molar-refractivity contribution >= 4 is 5.69 Å². The molecular weight excluding hydrogens is 229 g/mol. The summed E-state index contributed by atoms with van der Waals surface area (Å²) in [7, 11) is 0. The minimum Gasteiger partial charge on any atom is -0.366 e. The lowest BCUT2D eigenvalue weighted by Gasteiger charge is -2.19. The number of fused-ring (bicyclic) bond motifs is 3. The van der Waals surface area contributed by atoms with Gasteiger partial charge in [-0.2, -0.15) is 13.2 Å². The predicted molar refractivity (Wildman–Crippen MR) is 58.9 cm³/mol. The highest BCUT2D eigenvalue weighted by Gasteiger charge is 2.42. The summed E-state index contributed by atoms with van der Waals surface area (Å²) in [6, 6.07) is 4.66. The van der Waals surface area contributed by atoms with E-state index in [1.165, 1.54) is 12.1 Å². The number of halogens is 3. The van der Waals surface area contributed by atoms with Gasteiger partial charge < -0.3 is 10.6 Å². The van der Waals surface area contributed by atoms with Gasteiger partial charge in [0.25, 0.3) is 0 Å². The second-order valence-corrected chi connectivity index (χ2v) is 4.81. The average Bonchev–Trinajstić information content (AvgIpc) is 2.71. The summed E-state index contributed by atoms with van der Waals surface area (Å²) in [6.45, 7) is 0.666. The molecule has 0 radical (unpaired) electrons. The van der Waals surface area contributed by atoms with Crippen LogP contribution in [0.2, 0.25) is 0 Å². The van der Waals surface area contributed by atoms with E-state index >= 15 is 0 Å². The number of hydrogen-bond acceptors (Lipinski definition) is 2. The van der Waals surface area contributed by atoms with E-state index in [-0.39, 0.29) is 12.1 Å². The first-order valence-corrected chi connectivity index (χ1v) is 5.68. The summed E-state index contributed by atoms with van der Waals surface area (Å²) in [5.41, 5.74) is 6.52. The van der Waals surface area contributed by atoms with Crippen LogP contribution in [-0.4, -0.2) is 18.6 Å². The molecule has 2 nitrogen and oxygen atoms in total. The van der Waals surface area contributed by atoms with Crippen LogP contribution in [0.1, 0.15) is 17.5 Å². The fourth-order valence-corrected chi connectivity index (χ4v) is 3.00. The summed E-state index contributed by atoms with van der Waals surface area (Å²) in [5, 5.41) is 0. The van der Waals surface area contributed by atoms with Crippen LogP contribution < -0.4 is 10.6 Å². The Morgan fingerprint density at radius 1 is 1.29 bits per heavy atom. The predicted octanol–water partition coefficient (Wildman–Crippen LogP) is 2.17. The van der Waals surface area contributed by atoms with Gasteiger partial charge in [-0.3, -0.25) is 0 Å². The molecule has 2 N–H and O–H groups in total. The van der Waals surface area contributed by atoms with Gasteiger partial charge in [0.05, 0.1) is 5.56 Å². The maximum absolute atomic E-state index is 12.9. The minimum atomic E-state index is -4.26. The lowest BCUT2D eigenvalue weighted by molar-refractivity contribution is -0.138. The topological polar surface area (TPSA) is 29.3 Å². The maximum atomic E-state index is 12.9. The highest BCUT2D eigenvalue weighted by Crippen LogP contribution is 2.43. The molecule has 2 atom stereocenters. The first-order chi connectivity index (χ1) is 7.97. The number of nitrogens with zero attached hydrogens (tertiary/aromatic N) is 1. The van der Waals surface area contributed by atoms with Gasteiger partial charge in [0, 0.05) is 24.3 Å². The maximum Gasteiger partial charge on any atom is 0.416 e. The summed E-state index contributed by atoms with van der Waals surface area (Å²) >= 11 is 0. The van der Waals surface area contributed by atoms with Crippen LogP contribution in [0.3, 0.4) is 0 Å². The molecule has 1 aromatic carbocycles. The molecule has 0 aliphatic carbocycles. The molecule has 1 fully saturated rings. The number of rotatable bonds is 0. The van der Waals surface area contributed by atoms with E-state index in [1.54, 1.807) is 6.07 Å². The van der Waals surface area contributed by atoms with Gasteiger partial charge >= 0.3 is 6.18 Å². The van der Waals surface area contributed by atoms with E-state index in [1.807, 2.05) is 4.90 Å². The highest BCUT2D eigenvalue weighted by atomic mass is 19.4. The molecule has 2 unspecified atom stereocenters. The number of hydrogen-bond donors (Lipinski definition) is 1. The molecule has 0 spiro atoms. The van der Waals surface area contributed by atoms with Gasteiger partial charge in [0.15, 0.2) is 0 Å². The van der Waals surface area contributed by atoms with Crippen molar-refractivity contribution in [2.75, 3.05) is 11.4 Å².